The van der Waals surface area contributed by atoms with Crippen LogP contribution in [0.2, 0.25) is 0 Å². The van der Waals surface area contributed by atoms with Gasteiger partial charge in [0.25, 0.3) is 11.5 Å². The number of carbonyl (C=O) groups is 2. The fourth-order valence-corrected chi connectivity index (χ4v) is 2.23. The number of hydrogen-bond acceptors (Lipinski definition) is 5. The van der Waals surface area contributed by atoms with Crippen LogP contribution in [-0.2, 0) is 9.53 Å². The highest BCUT2D eigenvalue weighted by Crippen LogP contribution is 2.19. The Hall–Kier alpha value is -2.96. The highest BCUT2D eigenvalue weighted by molar-refractivity contribution is 5.92. The first kappa shape index (κ1) is 18.4. The quantitative estimate of drug-likeness (QED) is 0.780. The Labute approximate surface area is 145 Å². The van der Waals surface area contributed by atoms with E-state index in [0.29, 0.717) is 0 Å². The molecule has 1 amide bonds. The van der Waals surface area contributed by atoms with Crippen LogP contribution >= 0.6 is 0 Å². The zero-order chi connectivity index (χ0) is 18.4. The highest BCUT2D eigenvalue weighted by atomic mass is 16.5. The maximum atomic E-state index is 12.4. The maximum absolute atomic E-state index is 12.4. The van der Waals surface area contributed by atoms with Crippen LogP contribution < -0.4 is 10.9 Å². The predicted octanol–water partition coefficient (Wildman–Crippen LogP) is 1.89. The van der Waals surface area contributed by atoms with Gasteiger partial charge in [-0.1, -0.05) is 29.8 Å². The van der Waals surface area contributed by atoms with Crippen LogP contribution in [0.3, 0.4) is 0 Å². The molecule has 0 aliphatic heterocycles. The standard InChI is InChI=1S/C18H21N3O4/c1-11(2)25-17(23)10-15(13-6-4-12(3)5-7-13)19-18(24)14-8-9-16(22)21-20-14/h4-9,11,15H,10H2,1-3H3,(H,19,24)(H,21,22). The molecule has 25 heavy (non-hydrogen) atoms. The number of H-pyrrole nitrogens is 1. The van der Waals surface area contributed by atoms with E-state index in [2.05, 4.69) is 15.5 Å². The smallest absolute Gasteiger partial charge is 0.308 e. The average Bonchev–Trinajstić information content (AvgIpc) is 2.54. The Bertz CT molecular complexity index is 776. The fraction of sp³-hybridized carbons (Fsp3) is 0.333. The van der Waals surface area contributed by atoms with Crippen molar-refractivity contribution in [1.82, 2.24) is 15.5 Å². The van der Waals surface area contributed by atoms with Crippen LogP contribution in [-0.4, -0.2) is 28.2 Å². The summed E-state index contributed by atoms with van der Waals surface area (Å²) in [5.74, 6) is -0.894. The topological polar surface area (TPSA) is 101 Å². The number of benzene rings is 1. The Kier molecular flexibility index (Phi) is 6.05. The molecule has 7 heteroatoms. The molecule has 1 atom stereocenters. The third kappa shape index (κ3) is 5.56. The third-order valence-corrected chi connectivity index (χ3v) is 3.43. The Morgan fingerprint density at radius 2 is 1.84 bits per heavy atom. The van der Waals surface area contributed by atoms with Gasteiger partial charge in [-0.25, -0.2) is 5.10 Å². The minimum atomic E-state index is -0.562. The van der Waals surface area contributed by atoms with Gasteiger partial charge >= 0.3 is 5.97 Å². The molecule has 0 fully saturated rings. The second-order valence-electron chi connectivity index (χ2n) is 5.99. The van der Waals surface area contributed by atoms with Crippen molar-refractivity contribution in [2.24, 2.45) is 0 Å². The molecule has 2 aromatic rings. The average molecular weight is 343 g/mol. The van der Waals surface area contributed by atoms with Crippen molar-refractivity contribution in [1.29, 1.82) is 0 Å². The number of esters is 1. The summed E-state index contributed by atoms with van der Waals surface area (Å²) in [6, 6.07) is 9.49. The number of nitrogens with zero attached hydrogens (tertiary/aromatic N) is 1. The van der Waals surface area contributed by atoms with Crippen molar-refractivity contribution in [3.63, 3.8) is 0 Å². The molecule has 1 aromatic carbocycles. The van der Waals surface area contributed by atoms with Gasteiger partial charge in [0.15, 0.2) is 0 Å². The highest BCUT2D eigenvalue weighted by Gasteiger charge is 2.21. The first-order valence-electron chi connectivity index (χ1n) is 7.98. The van der Waals surface area contributed by atoms with Gasteiger partial charge in [0.2, 0.25) is 0 Å². The van der Waals surface area contributed by atoms with Crippen molar-refractivity contribution in [3.05, 3.63) is 63.6 Å². The van der Waals surface area contributed by atoms with E-state index >= 15 is 0 Å². The van der Waals surface area contributed by atoms with E-state index in [1.165, 1.54) is 12.1 Å². The molecular formula is C18H21N3O4. The van der Waals surface area contributed by atoms with Crippen LogP contribution in [0.25, 0.3) is 0 Å². The van der Waals surface area contributed by atoms with Crippen LogP contribution in [0.5, 0.6) is 0 Å². The van der Waals surface area contributed by atoms with E-state index in [-0.39, 0.29) is 18.2 Å². The summed E-state index contributed by atoms with van der Waals surface area (Å²) in [7, 11) is 0. The summed E-state index contributed by atoms with van der Waals surface area (Å²) < 4.78 is 5.18. The normalized spacial score (nSPS) is 11.8. The molecule has 0 aliphatic carbocycles. The molecule has 2 rings (SSSR count). The number of amides is 1. The minimum Gasteiger partial charge on any atom is -0.463 e. The zero-order valence-electron chi connectivity index (χ0n) is 14.4. The van der Waals surface area contributed by atoms with Gasteiger partial charge in [-0.15, -0.1) is 0 Å². The fourth-order valence-electron chi connectivity index (χ4n) is 2.23. The molecule has 2 N–H and O–H groups in total. The molecule has 0 spiro atoms. The number of aryl methyl sites for hydroxylation is 1. The Morgan fingerprint density at radius 3 is 2.40 bits per heavy atom. The summed E-state index contributed by atoms with van der Waals surface area (Å²) in [6.45, 7) is 5.48. The Morgan fingerprint density at radius 1 is 1.16 bits per heavy atom. The molecule has 132 valence electrons. The third-order valence-electron chi connectivity index (χ3n) is 3.43. The van der Waals surface area contributed by atoms with E-state index in [0.717, 1.165) is 11.1 Å². The van der Waals surface area contributed by atoms with Crippen molar-refractivity contribution in [2.45, 2.75) is 39.3 Å². The summed E-state index contributed by atoms with van der Waals surface area (Å²) in [5, 5.41) is 8.68. The number of hydrogen-bond donors (Lipinski definition) is 2. The minimum absolute atomic E-state index is 0.00364. The van der Waals surface area contributed by atoms with E-state index < -0.39 is 23.5 Å². The van der Waals surface area contributed by atoms with Crippen LogP contribution in [0.15, 0.2) is 41.2 Å². The lowest BCUT2D eigenvalue weighted by Crippen LogP contribution is -2.32. The first-order valence-corrected chi connectivity index (χ1v) is 7.98. The predicted molar refractivity (Wildman–Crippen MR) is 92.1 cm³/mol. The number of aromatic amines is 1. The van der Waals surface area contributed by atoms with Gasteiger partial charge in [0.1, 0.15) is 5.69 Å². The first-order chi connectivity index (χ1) is 11.8. The van der Waals surface area contributed by atoms with E-state index in [9.17, 15) is 14.4 Å². The lowest BCUT2D eigenvalue weighted by Gasteiger charge is -2.19. The van der Waals surface area contributed by atoms with Crippen molar-refractivity contribution in [3.8, 4) is 0 Å². The number of rotatable bonds is 6. The Balaban J connectivity index is 2.19. The molecule has 0 bridgehead atoms. The van der Waals surface area contributed by atoms with Gasteiger partial charge in [0.05, 0.1) is 18.6 Å². The van der Waals surface area contributed by atoms with Crippen molar-refractivity contribution < 1.29 is 14.3 Å². The van der Waals surface area contributed by atoms with Gasteiger partial charge in [-0.3, -0.25) is 14.4 Å². The SMILES string of the molecule is Cc1ccc(C(CC(=O)OC(C)C)NC(=O)c2ccc(=O)[nH]n2)cc1. The molecule has 0 saturated heterocycles. The van der Waals surface area contributed by atoms with Crippen LogP contribution in [0.4, 0.5) is 0 Å². The lowest BCUT2D eigenvalue weighted by molar-refractivity contribution is -0.147. The van der Waals surface area contributed by atoms with Gasteiger partial charge in [0, 0.05) is 6.07 Å². The maximum Gasteiger partial charge on any atom is 0.308 e. The van der Waals surface area contributed by atoms with Crippen molar-refractivity contribution >= 4 is 11.9 Å². The van der Waals surface area contributed by atoms with E-state index in [4.69, 9.17) is 4.74 Å². The molecule has 1 aromatic heterocycles. The van der Waals surface area contributed by atoms with Crippen LogP contribution in [0, 0.1) is 6.92 Å². The summed E-state index contributed by atoms with van der Waals surface area (Å²) in [4.78, 5) is 35.4. The molecule has 0 aliphatic rings. The zero-order valence-corrected chi connectivity index (χ0v) is 14.4. The van der Waals surface area contributed by atoms with E-state index in [1.54, 1.807) is 13.8 Å². The number of aromatic nitrogens is 2. The second-order valence-corrected chi connectivity index (χ2v) is 5.99. The largest absolute Gasteiger partial charge is 0.463 e. The monoisotopic (exact) mass is 343 g/mol. The number of carbonyl (C=O) groups excluding carboxylic acids is 2. The molecule has 7 nitrogen and oxygen atoms in total. The van der Waals surface area contributed by atoms with E-state index in [1.807, 2.05) is 31.2 Å². The molecule has 1 unspecified atom stereocenters. The second kappa shape index (κ2) is 8.23. The van der Waals surface area contributed by atoms with Gasteiger partial charge < -0.3 is 10.1 Å². The summed E-state index contributed by atoms with van der Waals surface area (Å²) >= 11 is 0. The van der Waals surface area contributed by atoms with Gasteiger partial charge in [-0.05, 0) is 32.4 Å². The number of ether oxygens (including phenoxy) is 1. The van der Waals surface area contributed by atoms with Crippen LogP contribution in [0.1, 0.15) is 47.9 Å². The lowest BCUT2D eigenvalue weighted by atomic mass is 10.0. The summed E-state index contributed by atoms with van der Waals surface area (Å²) in [6.07, 6.45) is -0.237. The number of nitrogens with one attached hydrogen (secondary N) is 2. The molecule has 1 heterocycles. The summed E-state index contributed by atoms with van der Waals surface area (Å²) in [5.41, 5.74) is 1.52. The van der Waals surface area contributed by atoms with Crippen molar-refractivity contribution in [2.75, 3.05) is 0 Å². The molecule has 0 radical (unpaired) electrons. The van der Waals surface area contributed by atoms with Gasteiger partial charge in [-0.2, -0.15) is 5.10 Å². The molecular weight excluding hydrogens is 322 g/mol. The molecule has 0 saturated carbocycles.